The lowest BCUT2D eigenvalue weighted by Crippen LogP contribution is -2.25. The van der Waals surface area contributed by atoms with Gasteiger partial charge in [-0.25, -0.2) is 18.1 Å². The molecule has 0 radical (unpaired) electrons. The maximum atomic E-state index is 12.0. The smallest absolute Gasteiger partial charge is 0.241 e. The van der Waals surface area contributed by atoms with E-state index >= 15 is 0 Å². The third-order valence-electron chi connectivity index (χ3n) is 3.01. The van der Waals surface area contributed by atoms with Crippen LogP contribution in [0.2, 0.25) is 0 Å². The van der Waals surface area contributed by atoms with E-state index in [9.17, 15) is 8.42 Å². The van der Waals surface area contributed by atoms with Gasteiger partial charge in [0.1, 0.15) is 9.22 Å². The number of thiazole rings is 1. The molecule has 114 valence electrons. The predicted octanol–water partition coefficient (Wildman–Crippen LogP) is 3.39. The predicted molar refractivity (Wildman–Crippen MR) is 90.8 cm³/mol. The van der Waals surface area contributed by atoms with Crippen LogP contribution in [0.15, 0.2) is 57.4 Å². The molecule has 0 aliphatic rings. The molecule has 0 saturated carbocycles. The Morgan fingerprint density at radius 1 is 1.05 bits per heavy atom. The lowest BCUT2D eigenvalue weighted by atomic mass is 10.2. The van der Waals surface area contributed by atoms with Gasteiger partial charge in [0.2, 0.25) is 10.0 Å². The monoisotopic (exact) mass is 350 g/mol. The van der Waals surface area contributed by atoms with E-state index in [1.54, 1.807) is 28.8 Å². The van der Waals surface area contributed by atoms with Crippen molar-refractivity contribution in [1.82, 2.24) is 9.71 Å². The molecule has 0 fully saturated rings. The molecule has 0 amide bonds. The lowest BCUT2D eigenvalue weighted by Gasteiger charge is -2.03. The van der Waals surface area contributed by atoms with Gasteiger partial charge >= 0.3 is 0 Å². The van der Waals surface area contributed by atoms with E-state index in [1.807, 2.05) is 35.7 Å². The van der Waals surface area contributed by atoms with Gasteiger partial charge in [-0.1, -0.05) is 36.4 Å². The standard InChI is InChI=1S/C15H14N2O2S3/c18-22(19,14-7-4-10-20-14)16-9-8-13-11-21-15(17-13)12-5-2-1-3-6-12/h1-7,10-11,16H,8-9H2. The minimum absolute atomic E-state index is 0.343. The molecule has 0 aliphatic heterocycles. The van der Waals surface area contributed by atoms with Crippen LogP contribution in [0.3, 0.4) is 0 Å². The van der Waals surface area contributed by atoms with Crippen molar-refractivity contribution in [3.63, 3.8) is 0 Å². The van der Waals surface area contributed by atoms with Crippen molar-refractivity contribution in [3.05, 3.63) is 58.9 Å². The largest absolute Gasteiger partial charge is 0.250 e. The van der Waals surface area contributed by atoms with Gasteiger partial charge in [0.25, 0.3) is 0 Å². The van der Waals surface area contributed by atoms with Crippen molar-refractivity contribution in [1.29, 1.82) is 0 Å². The average Bonchev–Trinajstić information content (AvgIpc) is 3.20. The van der Waals surface area contributed by atoms with Crippen molar-refractivity contribution in [2.24, 2.45) is 0 Å². The first-order valence-corrected chi connectivity index (χ1v) is 9.92. The topological polar surface area (TPSA) is 59.1 Å². The number of rotatable bonds is 6. The second-order valence-corrected chi connectivity index (χ2v) is 8.39. The number of benzene rings is 1. The second-order valence-electron chi connectivity index (χ2n) is 4.59. The first-order chi connectivity index (χ1) is 10.6. The van der Waals surface area contributed by atoms with Gasteiger partial charge in [-0.2, -0.15) is 0 Å². The van der Waals surface area contributed by atoms with Crippen LogP contribution in [0.5, 0.6) is 0 Å². The summed E-state index contributed by atoms with van der Waals surface area (Å²) in [7, 11) is -3.39. The molecule has 1 N–H and O–H groups in total. The van der Waals surface area contributed by atoms with E-state index in [0.29, 0.717) is 17.2 Å². The van der Waals surface area contributed by atoms with Crippen LogP contribution in [0.1, 0.15) is 5.69 Å². The maximum Gasteiger partial charge on any atom is 0.250 e. The van der Waals surface area contributed by atoms with Gasteiger partial charge < -0.3 is 0 Å². The van der Waals surface area contributed by atoms with Crippen molar-refractivity contribution in [2.75, 3.05) is 6.54 Å². The van der Waals surface area contributed by atoms with Crippen LogP contribution in [-0.4, -0.2) is 19.9 Å². The van der Waals surface area contributed by atoms with Gasteiger partial charge in [0.15, 0.2) is 0 Å². The number of nitrogens with one attached hydrogen (secondary N) is 1. The van der Waals surface area contributed by atoms with E-state index in [-0.39, 0.29) is 0 Å². The van der Waals surface area contributed by atoms with Crippen molar-refractivity contribution in [3.8, 4) is 10.6 Å². The maximum absolute atomic E-state index is 12.0. The van der Waals surface area contributed by atoms with Gasteiger partial charge in [0.05, 0.1) is 5.69 Å². The van der Waals surface area contributed by atoms with Crippen LogP contribution in [-0.2, 0) is 16.4 Å². The Kier molecular flexibility index (Phi) is 4.68. The molecule has 0 unspecified atom stereocenters. The second kappa shape index (κ2) is 6.70. The third-order valence-corrected chi connectivity index (χ3v) is 6.80. The first kappa shape index (κ1) is 15.4. The highest BCUT2D eigenvalue weighted by Crippen LogP contribution is 2.23. The first-order valence-electron chi connectivity index (χ1n) is 6.68. The summed E-state index contributed by atoms with van der Waals surface area (Å²) < 4.78 is 26.9. The molecule has 7 heteroatoms. The Morgan fingerprint density at radius 2 is 1.86 bits per heavy atom. The summed E-state index contributed by atoms with van der Waals surface area (Å²) >= 11 is 2.79. The summed E-state index contributed by atoms with van der Waals surface area (Å²) in [5.41, 5.74) is 1.98. The zero-order chi connectivity index (χ0) is 15.4. The molecule has 4 nitrogen and oxygen atoms in total. The number of sulfonamides is 1. The van der Waals surface area contributed by atoms with E-state index in [0.717, 1.165) is 16.3 Å². The molecule has 2 heterocycles. The number of aromatic nitrogens is 1. The van der Waals surface area contributed by atoms with Crippen molar-refractivity contribution < 1.29 is 8.42 Å². The molecule has 3 aromatic rings. The molecular formula is C15H14N2O2S3. The van der Waals surface area contributed by atoms with Gasteiger partial charge in [0, 0.05) is 23.9 Å². The molecular weight excluding hydrogens is 336 g/mol. The minimum atomic E-state index is -3.39. The normalized spacial score (nSPS) is 11.6. The Balaban J connectivity index is 1.60. The van der Waals surface area contributed by atoms with Crippen molar-refractivity contribution in [2.45, 2.75) is 10.6 Å². The highest BCUT2D eigenvalue weighted by atomic mass is 32.2. The Bertz CT molecular complexity index is 825. The summed E-state index contributed by atoms with van der Waals surface area (Å²) in [4.78, 5) is 4.55. The zero-order valence-electron chi connectivity index (χ0n) is 11.6. The minimum Gasteiger partial charge on any atom is -0.241 e. The quantitative estimate of drug-likeness (QED) is 0.741. The molecule has 0 aliphatic carbocycles. The third kappa shape index (κ3) is 3.61. The van der Waals surface area contributed by atoms with E-state index < -0.39 is 10.0 Å². The molecule has 22 heavy (non-hydrogen) atoms. The van der Waals surface area contributed by atoms with Gasteiger partial charge in [-0.05, 0) is 11.4 Å². The summed E-state index contributed by atoms with van der Waals surface area (Å²) in [5, 5.41) is 4.68. The molecule has 1 aromatic carbocycles. The van der Waals surface area contributed by atoms with E-state index in [2.05, 4.69) is 9.71 Å². The highest BCUT2D eigenvalue weighted by molar-refractivity contribution is 7.91. The summed E-state index contributed by atoms with van der Waals surface area (Å²) in [6.07, 6.45) is 0.577. The fourth-order valence-corrected chi connectivity index (χ4v) is 4.87. The van der Waals surface area contributed by atoms with Crippen LogP contribution >= 0.6 is 22.7 Å². The summed E-state index contributed by atoms with van der Waals surface area (Å²) in [6.45, 7) is 0.345. The van der Waals surface area contributed by atoms with Crippen LogP contribution in [0.25, 0.3) is 10.6 Å². The van der Waals surface area contributed by atoms with E-state index in [4.69, 9.17) is 0 Å². The Labute approximate surface area is 137 Å². The zero-order valence-corrected chi connectivity index (χ0v) is 14.0. The lowest BCUT2D eigenvalue weighted by molar-refractivity contribution is 0.583. The number of nitrogens with zero attached hydrogens (tertiary/aromatic N) is 1. The molecule has 2 aromatic heterocycles. The van der Waals surface area contributed by atoms with Crippen LogP contribution < -0.4 is 4.72 Å². The fourth-order valence-electron chi connectivity index (χ4n) is 1.94. The van der Waals surface area contributed by atoms with Gasteiger partial charge in [-0.15, -0.1) is 22.7 Å². The van der Waals surface area contributed by atoms with Gasteiger partial charge in [-0.3, -0.25) is 0 Å². The summed E-state index contributed by atoms with van der Waals surface area (Å²) in [5.74, 6) is 0. The Morgan fingerprint density at radius 3 is 2.59 bits per heavy atom. The molecule has 3 rings (SSSR count). The van der Waals surface area contributed by atoms with Crippen LogP contribution in [0, 0.1) is 0 Å². The average molecular weight is 350 g/mol. The summed E-state index contributed by atoms with van der Waals surface area (Å²) in [6, 6.07) is 13.3. The Hall–Kier alpha value is -1.54. The number of thiophene rings is 1. The fraction of sp³-hybridized carbons (Fsp3) is 0.133. The molecule has 0 atom stereocenters. The molecule has 0 spiro atoms. The van der Waals surface area contributed by atoms with E-state index in [1.165, 1.54) is 11.3 Å². The van der Waals surface area contributed by atoms with Crippen LogP contribution in [0.4, 0.5) is 0 Å². The number of hydrogen-bond acceptors (Lipinski definition) is 5. The highest BCUT2D eigenvalue weighted by Gasteiger charge is 2.14. The van der Waals surface area contributed by atoms with Crippen molar-refractivity contribution >= 4 is 32.7 Å². The number of hydrogen-bond donors (Lipinski definition) is 1. The molecule has 0 bridgehead atoms. The molecule has 0 saturated heterocycles. The SMILES string of the molecule is O=S(=O)(NCCc1csc(-c2ccccc2)n1)c1cccs1.